The highest BCUT2D eigenvalue weighted by atomic mass is 16.3. The normalized spacial score (nSPS) is 13.2. The Kier molecular flexibility index (Phi) is 15.3. The number of benzene rings is 11. The van der Waals surface area contributed by atoms with E-state index < -0.39 is 11.8 Å². The number of carbonyl (C=O) groups excluding carboxylic acids is 2. The maximum absolute atomic E-state index is 15.5. The van der Waals surface area contributed by atoms with Crippen LogP contribution in [-0.4, -0.2) is 57.3 Å². The van der Waals surface area contributed by atoms with Gasteiger partial charge in [0.1, 0.15) is 28.7 Å². The first kappa shape index (κ1) is 63.6. The second kappa shape index (κ2) is 25.2. The van der Waals surface area contributed by atoms with E-state index in [1.54, 1.807) is 36.4 Å². The second-order valence-electron chi connectivity index (χ2n) is 28.1. The lowest BCUT2D eigenvalue weighted by molar-refractivity contribution is 0.101. The minimum atomic E-state index is -0.453. The molecule has 11 aromatic carbocycles. The lowest BCUT2D eigenvalue weighted by atomic mass is 9.89. The summed E-state index contributed by atoms with van der Waals surface area (Å²) in [7, 11) is 0. The van der Waals surface area contributed by atoms with Crippen molar-refractivity contribution in [2.24, 2.45) is 0 Å². The molecule has 0 saturated heterocycles. The van der Waals surface area contributed by atoms with Gasteiger partial charge in [-0.2, -0.15) is 0 Å². The van der Waals surface area contributed by atoms with Gasteiger partial charge in [-0.1, -0.05) is 162 Å². The highest BCUT2D eigenvalue weighted by Crippen LogP contribution is 2.45. The maximum atomic E-state index is 15.5. The van der Waals surface area contributed by atoms with Gasteiger partial charge in [0.25, 0.3) is 11.8 Å². The highest BCUT2D eigenvalue weighted by molar-refractivity contribution is 6.13. The van der Waals surface area contributed by atoms with Crippen LogP contribution in [-0.2, 0) is 32.1 Å². The monoisotopic (exact) mass is 1370 g/mol. The maximum Gasteiger partial charge on any atom is 0.255 e. The molecule has 13 nitrogen and oxygen atoms in total. The Morgan fingerprint density at radius 2 is 0.590 bits per heavy atom. The van der Waals surface area contributed by atoms with Crippen LogP contribution in [0.4, 0.5) is 11.4 Å². The summed E-state index contributed by atoms with van der Waals surface area (Å²) in [5.74, 6) is -1.23. The number of carbonyl (C=O) groups is 2. The third-order valence-corrected chi connectivity index (χ3v) is 20.9. The predicted molar refractivity (Wildman–Crippen MR) is 420 cm³/mol. The van der Waals surface area contributed by atoms with Crippen molar-refractivity contribution in [3.63, 3.8) is 0 Å². The number of H-pyrrole nitrogens is 2. The molecule has 19 rings (SSSR count). The number of aromatic nitrogens is 4. The van der Waals surface area contributed by atoms with Crippen molar-refractivity contribution < 1.29 is 35.1 Å². The fraction of sp³-hybridized carbons (Fsp3) is 0.0870. The van der Waals surface area contributed by atoms with E-state index >= 15 is 9.59 Å². The molecule has 0 radical (unpaired) electrons. The third-order valence-electron chi connectivity index (χ3n) is 20.9. The van der Waals surface area contributed by atoms with Crippen LogP contribution >= 0.6 is 0 Å². The largest absolute Gasteiger partial charge is 0.507 e. The number of nitrogens with one attached hydrogen (secondary N) is 4. The van der Waals surface area contributed by atoms with Crippen LogP contribution in [0.1, 0.15) is 116 Å². The average Bonchev–Trinajstić information content (AvgIpc) is 1.65. The molecular formula is C92H68N6O7. The van der Waals surface area contributed by atoms with Gasteiger partial charge >= 0.3 is 0 Å². The van der Waals surface area contributed by atoms with E-state index in [2.05, 4.69) is 106 Å². The van der Waals surface area contributed by atoms with Gasteiger partial charge in [-0.25, -0.2) is 9.97 Å². The third kappa shape index (κ3) is 11.5. The van der Waals surface area contributed by atoms with Crippen LogP contribution in [0.5, 0.6) is 28.7 Å². The van der Waals surface area contributed by atoms with Crippen LogP contribution in [0.3, 0.4) is 0 Å². The molecular weight excluding hydrogens is 1300 g/mol. The Morgan fingerprint density at radius 3 is 0.914 bits per heavy atom. The number of hydrogen-bond acceptors (Lipinski definition) is 9. The molecule has 0 spiro atoms. The van der Waals surface area contributed by atoms with E-state index in [1.807, 2.05) is 142 Å². The Balaban J connectivity index is 0.921. The van der Waals surface area contributed by atoms with Crippen LogP contribution in [0.15, 0.2) is 218 Å². The van der Waals surface area contributed by atoms with E-state index in [9.17, 15) is 25.5 Å². The number of aromatic hydroxyl groups is 5. The van der Waals surface area contributed by atoms with Gasteiger partial charge in [0.15, 0.2) is 0 Å². The van der Waals surface area contributed by atoms with E-state index in [4.69, 9.17) is 9.97 Å². The van der Waals surface area contributed by atoms with E-state index in [0.29, 0.717) is 101 Å². The molecule has 13 heteroatoms. The lowest BCUT2D eigenvalue weighted by Gasteiger charge is -2.20. The summed E-state index contributed by atoms with van der Waals surface area (Å²) in [6.07, 6.45) is 8.44. The fourth-order valence-corrected chi connectivity index (χ4v) is 16.1. The summed E-state index contributed by atoms with van der Waals surface area (Å²) < 4.78 is 0. The quantitative estimate of drug-likeness (QED) is 0.0751. The van der Waals surface area contributed by atoms with Crippen LogP contribution < -0.4 is 10.6 Å². The molecule has 2 amide bonds. The number of fused-ring (bicyclic) bond motifs is 10. The average molecular weight is 1370 g/mol. The number of aromatic amines is 2. The smallest absolute Gasteiger partial charge is 0.255 e. The number of phenolic OH excluding ortho intramolecular Hbond substituents is 5. The first-order valence-corrected chi connectivity index (χ1v) is 35.2. The van der Waals surface area contributed by atoms with Gasteiger partial charge < -0.3 is 46.1 Å². The first-order chi connectivity index (χ1) is 51.1. The fourth-order valence-electron chi connectivity index (χ4n) is 16.1. The first-order valence-electron chi connectivity index (χ1n) is 35.2. The van der Waals surface area contributed by atoms with Gasteiger partial charge in [0.2, 0.25) is 0 Å². The Hall–Kier alpha value is -13.5. The summed E-state index contributed by atoms with van der Waals surface area (Å²) in [5, 5.41) is 72.5. The predicted octanol–water partition coefficient (Wildman–Crippen LogP) is 20.2. The van der Waals surface area contributed by atoms with Crippen molar-refractivity contribution in [2.45, 2.75) is 52.9 Å². The molecule has 4 aliphatic heterocycles. The lowest BCUT2D eigenvalue weighted by Crippen LogP contribution is -2.13. The van der Waals surface area contributed by atoms with Crippen LogP contribution in [0, 0.1) is 20.8 Å². The van der Waals surface area contributed by atoms with Crippen molar-refractivity contribution in [3.05, 3.63) is 325 Å². The molecule has 0 saturated carbocycles. The molecule has 7 heterocycles. The zero-order valence-corrected chi connectivity index (χ0v) is 57.6. The number of hydrogen-bond donors (Lipinski definition) is 9. The molecule has 105 heavy (non-hydrogen) atoms. The zero-order valence-electron chi connectivity index (χ0n) is 57.6. The van der Waals surface area contributed by atoms with E-state index in [1.165, 1.54) is 0 Å². The Labute approximate surface area is 604 Å². The molecule has 26 bridgehead atoms. The van der Waals surface area contributed by atoms with Gasteiger partial charge in [-0.3, -0.25) is 9.59 Å². The number of aryl methyl sites for hydroxylation is 3. The molecule has 9 N–H and O–H groups in total. The Bertz CT molecular complexity index is 5960. The highest BCUT2D eigenvalue weighted by Gasteiger charge is 2.27. The number of anilines is 2. The van der Waals surface area contributed by atoms with Crippen molar-refractivity contribution in [2.75, 3.05) is 10.6 Å². The van der Waals surface area contributed by atoms with Gasteiger partial charge in [-0.05, 0) is 195 Å². The number of phenols is 5. The van der Waals surface area contributed by atoms with Gasteiger partial charge in [-0.15, -0.1) is 0 Å². The molecule has 0 unspecified atom stereocenters. The minimum absolute atomic E-state index is 0.00218. The molecule has 0 atom stereocenters. The zero-order chi connectivity index (χ0) is 71.5. The molecule has 508 valence electrons. The van der Waals surface area contributed by atoms with Crippen molar-refractivity contribution >= 4 is 91.1 Å². The molecule has 1 aliphatic carbocycles. The second-order valence-corrected chi connectivity index (χ2v) is 28.1. The number of rotatable bonds is 2. The summed E-state index contributed by atoms with van der Waals surface area (Å²) in [6, 6.07) is 70.3. The minimum Gasteiger partial charge on any atom is -0.507 e. The van der Waals surface area contributed by atoms with Crippen molar-refractivity contribution in [1.29, 1.82) is 0 Å². The standard InChI is InChI=1S/C92H68N6O7/c1-49-32-58-38-60-34-50(2)36-62(87(60)100)40-64-43-68-45-66(89(64)102)42-67-46-69(44-65(90(67)103)41-63-37-51(3)35-61(88(63)101)39-59(33-49)86(58)99)94-92(105)57-23-21-53-17-11-19-71(73(53)48-57)85-80-30-26-76(97-80)82(54-12-6-4-7-13-54)74-24-28-78(95-74)84(70-18-10-16-52-20-22-56(47-72(52)70)91(104)93-68)79-29-25-75(96-79)83(55-14-8-5-9-15-55)77-27-31-81(85)98-77/h4-37,43-48,95,98-103H,38-42H2,1-3H3,(H,93,104)(H,94,105). The van der Waals surface area contributed by atoms with Crippen LogP contribution in [0.25, 0.3) is 112 Å². The number of amides is 2. The molecule has 14 aromatic rings. The van der Waals surface area contributed by atoms with Crippen molar-refractivity contribution in [1.82, 2.24) is 19.9 Å². The summed E-state index contributed by atoms with van der Waals surface area (Å²) in [4.78, 5) is 50.0. The summed E-state index contributed by atoms with van der Waals surface area (Å²) >= 11 is 0. The molecule has 5 aliphatic rings. The summed E-state index contributed by atoms with van der Waals surface area (Å²) in [6.45, 7) is 5.80. The molecule has 0 fully saturated rings. The van der Waals surface area contributed by atoms with Crippen molar-refractivity contribution in [3.8, 4) is 73.3 Å². The van der Waals surface area contributed by atoms with E-state index in [-0.39, 0.29) is 60.9 Å². The summed E-state index contributed by atoms with van der Waals surface area (Å²) in [5.41, 5.74) is 21.1. The Morgan fingerprint density at radius 1 is 0.295 bits per heavy atom. The van der Waals surface area contributed by atoms with Gasteiger partial charge in [0.05, 0.1) is 22.8 Å². The topological polar surface area (TPSA) is 217 Å². The molecule has 3 aromatic heterocycles. The van der Waals surface area contributed by atoms with Gasteiger partial charge in [0, 0.05) is 121 Å². The van der Waals surface area contributed by atoms with E-state index in [0.717, 1.165) is 105 Å². The number of nitrogens with zero attached hydrogens (tertiary/aromatic N) is 2. The van der Waals surface area contributed by atoms with Crippen LogP contribution in [0.2, 0.25) is 0 Å². The SMILES string of the molecule is Cc1cc2c(O)c(c1)Cc1cc(C)cc(c1O)Cc1cc3cc(c1O)Cc1cc(cc(c1O)Cc1cc(C)cc(c1O)C2)NC(=O)c1ccc2cccc(c2c1)-c1c2nc(c(-c4ccccc4)c4ccc([nH]4)c(c4nc(c(-c5ccccc5)c5ccc1[nH]5)C=C4)-c1cccc4ccc(cc14)C(=O)N3)C=C2.